The summed E-state index contributed by atoms with van der Waals surface area (Å²) in [6, 6.07) is 19.4. The van der Waals surface area contributed by atoms with Gasteiger partial charge in [0.1, 0.15) is 24.4 Å². The van der Waals surface area contributed by atoms with Gasteiger partial charge in [-0.2, -0.15) is 0 Å². The predicted molar refractivity (Wildman–Crippen MR) is 114 cm³/mol. The van der Waals surface area contributed by atoms with Gasteiger partial charge in [0, 0.05) is 11.5 Å². The Labute approximate surface area is 179 Å². The van der Waals surface area contributed by atoms with Crippen LogP contribution in [0.25, 0.3) is 5.65 Å². The Hall–Kier alpha value is -4.00. The van der Waals surface area contributed by atoms with Gasteiger partial charge < -0.3 is 9.47 Å². The van der Waals surface area contributed by atoms with Crippen molar-refractivity contribution in [1.29, 1.82) is 0 Å². The van der Waals surface area contributed by atoms with E-state index in [0.717, 1.165) is 16.9 Å². The normalized spacial score (nSPS) is 15.5. The lowest BCUT2D eigenvalue weighted by Crippen LogP contribution is -2.22. The van der Waals surface area contributed by atoms with Gasteiger partial charge in [0.25, 0.3) is 0 Å². The SMILES string of the molecule is CC(=O)C1=C(C)Oc2ncn3nc(COc4ccccc4)nc3c2[C@@H]1c1ccccc1. The molecule has 0 N–H and O–H groups in total. The molecule has 0 aliphatic carbocycles. The van der Waals surface area contributed by atoms with Gasteiger partial charge >= 0.3 is 0 Å². The Morgan fingerprint density at radius 2 is 1.81 bits per heavy atom. The number of ether oxygens (including phenoxy) is 2. The first-order valence-corrected chi connectivity index (χ1v) is 9.98. The highest BCUT2D eigenvalue weighted by molar-refractivity contribution is 5.97. The van der Waals surface area contributed by atoms with Crippen molar-refractivity contribution < 1.29 is 14.3 Å². The van der Waals surface area contributed by atoms with E-state index in [1.54, 1.807) is 24.7 Å². The minimum Gasteiger partial charge on any atom is -0.486 e. The van der Waals surface area contributed by atoms with Crippen LogP contribution in [-0.4, -0.2) is 25.4 Å². The lowest BCUT2D eigenvalue weighted by atomic mass is 9.82. The molecule has 0 saturated carbocycles. The van der Waals surface area contributed by atoms with E-state index in [1.165, 1.54) is 0 Å². The molecule has 7 heteroatoms. The lowest BCUT2D eigenvalue weighted by molar-refractivity contribution is -0.114. The summed E-state index contributed by atoms with van der Waals surface area (Å²) in [4.78, 5) is 21.7. The Kier molecular flexibility index (Phi) is 4.71. The highest BCUT2D eigenvalue weighted by atomic mass is 16.5. The van der Waals surface area contributed by atoms with Crippen molar-refractivity contribution in [2.45, 2.75) is 26.4 Å². The molecule has 0 bridgehead atoms. The minimum atomic E-state index is -0.342. The van der Waals surface area contributed by atoms with Crippen LogP contribution < -0.4 is 9.47 Å². The molecule has 0 unspecified atom stereocenters. The molecule has 2 aromatic heterocycles. The van der Waals surface area contributed by atoms with Crippen LogP contribution in [-0.2, 0) is 11.4 Å². The Morgan fingerprint density at radius 3 is 2.52 bits per heavy atom. The number of benzene rings is 2. The van der Waals surface area contributed by atoms with Crippen molar-refractivity contribution in [3.05, 3.63) is 95.3 Å². The number of aromatic nitrogens is 4. The first-order valence-electron chi connectivity index (χ1n) is 9.98. The van der Waals surface area contributed by atoms with Crippen molar-refractivity contribution >= 4 is 11.4 Å². The molecule has 154 valence electrons. The third kappa shape index (κ3) is 3.44. The maximum atomic E-state index is 12.6. The molecule has 7 nitrogen and oxygen atoms in total. The van der Waals surface area contributed by atoms with Gasteiger partial charge in [-0.3, -0.25) is 4.79 Å². The predicted octanol–water partition coefficient (Wildman–Crippen LogP) is 4.09. The summed E-state index contributed by atoms with van der Waals surface area (Å²) in [5.74, 6) is 1.85. The van der Waals surface area contributed by atoms with E-state index >= 15 is 0 Å². The fraction of sp³-hybridized carbons (Fsp3) is 0.167. The maximum absolute atomic E-state index is 12.6. The van der Waals surface area contributed by atoms with Crippen LogP contribution in [0.3, 0.4) is 0 Å². The lowest BCUT2D eigenvalue weighted by Gasteiger charge is -2.28. The third-order valence-electron chi connectivity index (χ3n) is 5.26. The molecule has 0 amide bonds. The van der Waals surface area contributed by atoms with E-state index in [-0.39, 0.29) is 18.3 Å². The number of allylic oxidation sites excluding steroid dienone is 2. The van der Waals surface area contributed by atoms with Gasteiger partial charge in [-0.15, -0.1) is 5.10 Å². The number of hydrogen-bond acceptors (Lipinski definition) is 6. The fourth-order valence-electron chi connectivity index (χ4n) is 3.94. The summed E-state index contributed by atoms with van der Waals surface area (Å²) in [5.41, 5.74) is 2.88. The number of carbonyl (C=O) groups is 1. The van der Waals surface area contributed by atoms with E-state index in [1.807, 2.05) is 60.7 Å². The molecule has 0 spiro atoms. The second kappa shape index (κ2) is 7.68. The minimum absolute atomic E-state index is 0.0499. The largest absolute Gasteiger partial charge is 0.486 e. The molecule has 5 rings (SSSR count). The monoisotopic (exact) mass is 412 g/mol. The molecule has 4 aromatic rings. The highest BCUT2D eigenvalue weighted by Crippen LogP contribution is 2.43. The topological polar surface area (TPSA) is 78.6 Å². The second-order valence-corrected chi connectivity index (χ2v) is 7.33. The first kappa shape index (κ1) is 19.0. The van der Waals surface area contributed by atoms with Crippen molar-refractivity contribution in [3.63, 3.8) is 0 Å². The summed E-state index contributed by atoms with van der Waals surface area (Å²) in [7, 11) is 0. The van der Waals surface area contributed by atoms with Crippen LogP contribution in [0.1, 0.15) is 36.7 Å². The molecule has 0 fully saturated rings. The van der Waals surface area contributed by atoms with Crippen molar-refractivity contribution in [2.75, 3.05) is 0 Å². The van der Waals surface area contributed by atoms with Crippen LogP contribution in [0.5, 0.6) is 11.6 Å². The van der Waals surface area contributed by atoms with Gasteiger partial charge in [-0.25, -0.2) is 14.5 Å². The summed E-state index contributed by atoms with van der Waals surface area (Å²) < 4.78 is 13.4. The molecule has 3 heterocycles. The van der Waals surface area contributed by atoms with Crippen molar-refractivity contribution in [3.8, 4) is 11.6 Å². The van der Waals surface area contributed by atoms with Crippen LogP contribution >= 0.6 is 0 Å². The van der Waals surface area contributed by atoms with E-state index in [0.29, 0.717) is 28.7 Å². The maximum Gasteiger partial charge on any atom is 0.228 e. The molecule has 2 aromatic carbocycles. The Morgan fingerprint density at radius 1 is 1.10 bits per heavy atom. The fourth-order valence-corrected chi connectivity index (χ4v) is 3.94. The average Bonchev–Trinajstić information content (AvgIpc) is 3.21. The van der Waals surface area contributed by atoms with Crippen LogP contribution in [0.4, 0.5) is 0 Å². The summed E-state index contributed by atoms with van der Waals surface area (Å²) in [6.07, 6.45) is 1.57. The number of nitrogens with zero attached hydrogens (tertiary/aromatic N) is 4. The van der Waals surface area contributed by atoms with E-state index < -0.39 is 0 Å². The summed E-state index contributed by atoms with van der Waals surface area (Å²) >= 11 is 0. The molecule has 1 aliphatic rings. The zero-order chi connectivity index (χ0) is 21.4. The van der Waals surface area contributed by atoms with Gasteiger partial charge in [0.2, 0.25) is 5.88 Å². The first-order chi connectivity index (χ1) is 15.1. The van der Waals surface area contributed by atoms with Gasteiger partial charge in [-0.05, 0) is 31.5 Å². The number of fused-ring (bicyclic) bond motifs is 3. The third-order valence-corrected chi connectivity index (χ3v) is 5.26. The number of hydrogen-bond donors (Lipinski definition) is 0. The Balaban J connectivity index is 1.62. The smallest absolute Gasteiger partial charge is 0.228 e. The number of carbonyl (C=O) groups excluding carboxylic acids is 1. The highest BCUT2D eigenvalue weighted by Gasteiger charge is 2.35. The molecule has 0 radical (unpaired) electrons. The number of Topliss-reactive ketones (excluding diaryl/α,β-unsaturated/α-hetero) is 1. The number of para-hydroxylation sites is 1. The number of ketones is 1. The van der Waals surface area contributed by atoms with E-state index in [2.05, 4.69) is 10.1 Å². The summed E-state index contributed by atoms with van der Waals surface area (Å²) in [6.45, 7) is 3.57. The van der Waals surface area contributed by atoms with Gasteiger partial charge in [-0.1, -0.05) is 48.5 Å². The summed E-state index contributed by atoms with van der Waals surface area (Å²) in [5, 5.41) is 4.51. The van der Waals surface area contributed by atoms with E-state index in [9.17, 15) is 4.79 Å². The zero-order valence-corrected chi connectivity index (χ0v) is 17.1. The quantitative estimate of drug-likeness (QED) is 0.491. The van der Waals surface area contributed by atoms with Crippen molar-refractivity contribution in [2.24, 2.45) is 0 Å². The van der Waals surface area contributed by atoms with Gasteiger partial charge in [0.15, 0.2) is 17.3 Å². The number of rotatable bonds is 5. The molecular formula is C24H20N4O3. The standard InChI is InChI=1S/C24H20N4O3/c1-15(29)20-16(2)31-24-22(21(20)17-9-5-3-6-10-17)23-26-19(27-28(23)14-25-24)13-30-18-11-7-4-8-12-18/h3-12,14,21H,13H2,1-2H3/t21-/m1/s1. The van der Waals surface area contributed by atoms with E-state index in [4.69, 9.17) is 14.5 Å². The zero-order valence-electron chi connectivity index (χ0n) is 17.1. The average molecular weight is 412 g/mol. The van der Waals surface area contributed by atoms with Crippen LogP contribution in [0, 0.1) is 0 Å². The van der Waals surface area contributed by atoms with Crippen LogP contribution in [0.2, 0.25) is 0 Å². The molecule has 0 saturated heterocycles. The van der Waals surface area contributed by atoms with Crippen LogP contribution in [0.15, 0.2) is 78.3 Å². The second-order valence-electron chi connectivity index (χ2n) is 7.33. The Bertz CT molecular complexity index is 1300. The molecular weight excluding hydrogens is 392 g/mol. The van der Waals surface area contributed by atoms with Gasteiger partial charge in [0.05, 0.1) is 5.56 Å². The van der Waals surface area contributed by atoms with Crippen molar-refractivity contribution in [1.82, 2.24) is 19.6 Å². The molecule has 1 aliphatic heterocycles. The molecule has 1 atom stereocenters. The molecule has 31 heavy (non-hydrogen) atoms.